The molecule has 2 nitrogen and oxygen atoms in total. The molecule has 0 aliphatic rings. The van der Waals surface area contributed by atoms with E-state index >= 15 is 0 Å². The zero-order valence-electron chi connectivity index (χ0n) is 10.2. The fourth-order valence-electron chi connectivity index (χ4n) is 1.27. The van der Waals surface area contributed by atoms with Gasteiger partial charge in [0.05, 0.1) is 0 Å². The number of hydrogen-bond acceptors (Lipinski definition) is 2. The summed E-state index contributed by atoms with van der Waals surface area (Å²) in [6, 6.07) is 1.20. The number of unbranched alkanes of at least 4 members (excludes halogenated alkanes) is 1. The summed E-state index contributed by atoms with van der Waals surface area (Å²) in [6.45, 7) is 12.6. The van der Waals surface area contributed by atoms with Gasteiger partial charge in [-0.2, -0.15) is 0 Å². The van der Waals surface area contributed by atoms with Gasteiger partial charge in [0, 0.05) is 18.6 Å². The summed E-state index contributed by atoms with van der Waals surface area (Å²) in [5, 5.41) is 3.45. The predicted molar refractivity (Wildman–Crippen MR) is 64.7 cm³/mol. The number of hydrogen-bond donors (Lipinski definition) is 1. The van der Waals surface area contributed by atoms with Crippen molar-refractivity contribution >= 4 is 0 Å². The Morgan fingerprint density at radius 2 is 2.00 bits per heavy atom. The monoisotopic (exact) mass is 198 g/mol. The molecule has 0 amide bonds. The van der Waals surface area contributed by atoms with Gasteiger partial charge in [-0.3, -0.25) is 0 Å². The average molecular weight is 198 g/mol. The lowest BCUT2D eigenvalue weighted by Crippen LogP contribution is -2.40. The van der Waals surface area contributed by atoms with Crippen molar-refractivity contribution in [3.05, 3.63) is 12.7 Å². The van der Waals surface area contributed by atoms with Crippen LogP contribution in [-0.4, -0.2) is 37.1 Å². The van der Waals surface area contributed by atoms with Gasteiger partial charge < -0.3 is 10.2 Å². The highest BCUT2D eigenvalue weighted by Crippen LogP contribution is 1.98. The van der Waals surface area contributed by atoms with Gasteiger partial charge in [-0.25, -0.2) is 0 Å². The van der Waals surface area contributed by atoms with E-state index in [1.54, 1.807) is 0 Å². The summed E-state index contributed by atoms with van der Waals surface area (Å²) in [4.78, 5) is 2.40. The van der Waals surface area contributed by atoms with Gasteiger partial charge in [0.1, 0.15) is 0 Å². The first kappa shape index (κ1) is 13.7. The van der Waals surface area contributed by atoms with Gasteiger partial charge in [0.25, 0.3) is 0 Å². The fraction of sp³-hybridized carbons (Fsp3) is 0.833. The first-order chi connectivity index (χ1) is 6.57. The van der Waals surface area contributed by atoms with Crippen molar-refractivity contribution in [3.63, 3.8) is 0 Å². The fourth-order valence-corrected chi connectivity index (χ4v) is 1.27. The zero-order chi connectivity index (χ0) is 11.0. The zero-order valence-corrected chi connectivity index (χ0v) is 10.2. The molecule has 0 aliphatic carbocycles. The first-order valence-corrected chi connectivity index (χ1v) is 5.62. The van der Waals surface area contributed by atoms with Crippen LogP contribution in [0.3, 0.4) is 0 Å². The molecule has 1 unspecified atom stereocenters. The molecule has 0 aromatic rings. The Bertz CT molecular complexity index is 143. The molecule has 0 bridgehead atoms. The van der Waals surface area contributed by atoms with E-state index in [9.17, 15) is 0 Å². The standard InChI is InChI=1S/C12H26N2/c1-6-7-8-9-14(5)12(4)10-13-11(2)3/h6,11-13H,1,7-10H2,2-5H3. The summed E-state index contributed by atoms with van der Waals surface area (Å²) >= 11 is 0. The molecule has 14 heavy (non-hydrogen) atoms. The van der Waals surface area contributed by atoms with Crippen molar-refractivity contribution in [2.45, 2.75) is 45.7 Å². The largest absolute Gasteiger partial charge is 0.313 e. The van der Waals surface area contributed by atoms with Crippen LogP contribution in [0.5, 0.6) is 0 Å². The quantitative estimate of drug-likeness (QED) is 0.475. The maximum atomic E-state index is 3.73. The second-order valence-corrected chi connectivity index (χ2v) is 4.32. The summed E-state index contributed by atoms with van der Waals surface area (Å²) in [7, 11) is 2.19. The lowest BCUT2D eigenvalue weighted by Gasteiger charge is -2.25. The molecule has 1 N–H and O–H groups in total. The van der Waals surface area contributed by atoms with Crippen molar-refractivity contribution in [2.24, 2.45) is 0 Å². The number of nitrogens with zero attached hydrogens (tertiary/aromatic N) is 1. The van der Waals surface area contributed by atoms with E-state index in [0.717, 1.165) is 19.5 Å². The minimum atomic E-state index is 0.582. The number of nitrogens with one attached hydrogen (secondary N) is 1. The van der Waals surface area contributed by atoms with Crippen molar-refractivity contribution in [2.75, 3.05) is 20.1 Å². The second kappa shape index (κ2) is 8.01. The van der Waals surface area contributed by atoms with E-state index in [-0.39, 0.29) is 0 Å². The molecule has 0 heterocycles. The molecule has 0 saturated heterocycles. The van der Waals surface area contributed by atoms with Crippen LogP contribution in [-0.2, 0) is 0 Å². The number of rotatable bonds is 8. The van der Waals surface area contributed by atoms with Gasteiger partial charge in [0.15, 0.2) is 0 Å². The Morgan fingerprint density at radius 3 is 2.50 bits per heavy atom. The Hall–Kier alpha value is -0.340. The second-order valence-electron chi connectivity index (χ2n) is 4.32. The average Bonchev–Trinajstić information content (AvgIpc) is 2.14. The third-order valence-electron chi connectivity index (χ3n) is 2.49. The highest BCUT2D eigenvalue weighted by molar-refractivity contribution is 4.71. The highest BCUT2D eigenvalue weighted by atomic mass is 15.1. The van der Waals surface area contributed by atoms with Gasteiger partial charge >= 0.3 is 0 Å². The van der Waals surface area contributed by atoms with Crippen molar-refractivity contribution < 1.29 is 0 Å². The Balaban J connectivity index is 3.53. The molecule has 84 valence electrons. The maximum Gasteiger partial charge on any atom is 0.0189 e. The minimum Gasteiger partial charge on any atom is -0.313 e. The predicted octanol–water partition coefficient (Wildman–Crippen LogP) is 2.27. The Kier molecular flexibility index (Phi) is 7.81. The van der Waals surface area contributed by atoms with Crippen LogP contribution < -0.4 is 5.32 Å². The Labute approximate surface area is 89.4 Å². The molecule has 0 saturated carbocycles. The molecule has 0 fully saturated rings. The van der Waals surface area contributed by atoms with Crippen LogP contribution >= 0.6 is 0 Å². The molecule has 0 aromatic carbocycles. The lowest BCUT2D eigenvalue weighted by atomic mass is 10.2. The van der Waals surface area contributed by atoms with Gasteiger partial charge in [-0.05, 0) is 33.4 Å². The number of allylic oxidation sites excluding steroid dienone is 1. The van der Waals surface area contributed by atoms with Crippen LogP contribution in [0.15, 0.2) is 12.7 Å². The summed E-state index contributed by atoms with van der Waals surface area (Å²) in [5.41, 5.74) is 0. The number of likely N-dealkylation sites (N-methyl/N-ethyl adjacent to an activating group) is 1. The van der Waals surface area contributed by atoms with E-state index in [4.69, 9.17) is 0 Å². The molecular formula is C12H26N2. The molecule has 0 rings (SSSR count). The first-order valence-electron chi connectivity index (χ1n) is 5.62. The summed E-state index contributed by atoms with van der Waals surface area (Å²) in [6.07, 6.45) is 4.32. The van der Waals surface area contributed by atoms with Gasteiger partial charge in [0.2, 0.25) is 0 Å². The van der Waals surface area contributed by atoms with Crippen molar-refractivity contribution in [1.82, 2.24) is 10.2 Å². The van der Waals surface area contributed by atoms with Crippen LogP contribution in [0, 0.1) is 0 Å². The summed E-state index contributed by atoms with van der Waals surface area (Å²) in [5.74, 6) is 0. The van der Waals surface area contributed by atoms with Crippen LogP contribution in [0.4, 0.5) is 0 Å². The van der Waals surface area contributed by atoms with Gasteiger partial charge in [-0.15, -0.1) is 6.58 Å². The highest BCUT2D eigenvalue weighted by Gasteiger charge is 2.07. The molecule has 0 radical (unpaired) electrons. The molecular weight excluding hydrogens is 172 g/mol. The van der Waals surface area contributed by atoms with E-state index < -0.39 is 0 Å². The topological polar surface area (TPSA) is 15.3 Å². The third-order valence-corrected chi connectivity index (χ3v) is 2.49. The van der Waals surface area contributed by atoms with Crippen LogP contribution in [0.1, 0.15) is 33.6 Å². The Morgan fingerprint density at radius 1 is 1.36 bits per heavy atom. The molecule has 0 spiro atoms. The third kappa shape index (κ3) is 7.10. The van der Waals surface area contributed by atoms with E-state index in [2.05, 4.69) is 44.6 Å². The van der Waals surface area contributed by atoms with Crippen LogP contribution in [0.2, 0.25) is 0 Å². The molecule has 2 heteroatoms. The van der Waals surface area contributed by atoms with Gasteiger partial charge in [-0.1, -0.05) is 19.9 Å². The SMILES string of the molecule is C=CCCCN(C)C(C)CNC(C)C. The molecule has 0 aliphatic heterocycles. The van der Waals surface area contributed by atoms with Crippen molar-refractivity contribution in [3.8, 4) is 0 Å². The van der Waals surface area contributed by atoms with E-state index in [0.29, 0.717) is 12.1 Å². The smallest absolute Gasteiger partial charge is 0.0189 e. The summed E-state index contributed by atoms with van der Waals surface area (Å²) < 4.78 is 0. The van der Waals surface area contributed by atoms with Crippen LogP contribution in [0.25, 0.3) is 0 Å². The normalized spacial score (nSPS) is 13.6. The van der Waals surface area contributed by atoms with E-state index in [1.807, 2.05) is 6.08 Å². The van der Waals surface area contributed by atoms with E-state index in [1.165, 1.54) is 6.42 Å². The lowest BCUT2D eigenvalue weighted by molar-refractivity contribution is 0.245. The van der Waals surface area contributed by atoms with Crippen molar-refractivity contribution in [1.29, 1.82) is 0 Å². The molecule has 0 aromatic heterocycles. The maximum absolute atomic E-state index is 3.73. The minimum absolute atomic E-state index is 0.582. The molecule has 1 atom stereocenters.